The zero-order valence-electron chi connectivity index (χ0n) is 13.5. The van der Waals surface area contributed by atoms with Crippen LogP contribution in [0.1, 0.15) is 21.9 Å². The highest BCUT2D eigenvalue weighted by atomic mass is 19.1. The molecule has 3 heterocycles. The van der Waals surface area contributed by atoms with Crippen LogP contribution in [0, 0.1) is 18.7 Å². The third kappa shape index (κ3) is 2.79. The van der Waals surface area contributed by atoms with Gasteiger partial charge >= 0.3 is 0 Å². The highest BCUT2D eigenvalue weighted by Gasteiger charge is 2.18. The monoisotopic (exact) mass is 354 g/mol. The number of hydrogen-bond donors (Lipinski definition) is 2. The van der Waals surface area contributed by atoms with Gasteiger partial charge in [0.1, 0.15) is 11.5 Å². The largest absolute Gasteiger partial charge is 0.308 e. The lowest BCUT2D eigenvalue weighted by Crippen LogP contribution is -2.13. The number of aromatic nitrogens is 5. The zero-order valence-corrected chi connectivity index (χ0v) is 13.5. The molecule has 0 bridgehead atoms. The summed E-state index contributed by atoms with van der Waals surface area (Å²) in [5.41, 5.74) is 1.23. The molecule has 0 atom stereocenters. The molecule has 0 spiro atoms. The molecule has 9 heteroatoms. The Hall–Kier alpha value is -3.62. The summed E-state index contributed by atoms with van der Waals surface area (Å²) >= 11 is 0. The molecule has 0 aliphatic rings. The van der Waals surface area contributed by atoms with Crippen LogP contribution in [-0.4, -0.2) is 30.3 Å². The molecule has 0 amide bonds. The molecule has 7 nitrogen and oxygen atoms in total. The van der Waals surface area contributed by atoms with Crippen molar-refractivity contribution in [3.63, 3.8) is 0 Å². The van der Waals surface area contributed by atoms with E-state index in [9.17, 15) is 13.6 Å². The van der Waals surface area contributed by atoms with Gasteiger partial charge in [-0.15, -0.1) is 0 Å². The topological polar surface area (TPSA) is 88.0 Å². The fraction of sp³-hybridized carbons (Fsp3) is 0.0588. The fourth-order valence-electron chi connectivity index (χ4n) is 2.49. The molecule has 2 N–H and O–H groups in total. The Bertz CT molecular complexity index is 1120. The molecule has 0 fully saturated rings. The molecule has 0 unspecified atom stereocenters. The summed E-state index contributed by atoms with van der Waals surface area (Å²) in [6, 6.07) is 9.39. The zero-order chi connectivity index (χ0) is 18.3. The van der Waals surface area contributed by atoms with Gasteiger partial charge in [0, 0.05) is 17.3 Å². The van der Waals surface area contributed by atoms with Gasteiger partial charge in [-0.2, -0.15) is 14.5 Å². The van der Waals surface area contributed by atoms with Crippen molar-refractivity contribution in [2.75, 3.05) is 5.32 Å². The molecular weight excluding hydrogens is 342 g/mol. The van der Waals surface area contributed by atoms with E-state index >= 15 is 0 Å². The summed E-state index contributed by atoms with van der Waals surface area (Å²) in [6.45, 7) is 1.81. The van der Waals surface area contributed by atoms with Crippen LogP contribution in [0.3, 0.4) is 0 Å². The lowest BCUT2D eigenvalue weighted by molar-refractivity contribution is 0.102. The highest BCUT2D eigenvalue weighted by Crippen LogP contribution is 2.19. The molecule has 0 aliphatic heterocycles. The molecule has 3 aromatic heterocycles. The third-order valence-electron chi connectivity index (χ3n) is 3.71. The Morgan fingerprint density at radius 1 is 1.12 bits per heavy atom. The maximum atomic E-state index is 14.1. The first-order chi connectivity index (χ1) is 12.5. The van der Waals surface area contributed by atoms with Gasteiger partial charge < -0.3 is 5.32 Å². The summed E-state index contributed by atoms with van der Waals surface area (Å²) in [7, 11) is 0. The number of nitrogens with zero attached hydrogens (tertiary/aromatic N) is 4. The average molecular weight is 354 g/mol. The van der Waals surface area contributed by atoms with Crippen LogP contribution < -0.4 is 5.32 Å². The number of aryl methyl sites for hydroxylation is 1. The molecule has 130 valence electrons. The number of hydrogen-bond acceptors (Lipinski definition) is 5. The van der Waals surface area contributed by atoms with Crippen molar-refractivity contribution < 1.29 is 13.6 Å². The Morgan fingerprint density at radius 3 is 2.58 bits per heavy atom. The second-order valence-electron chi connectivity index (χ2n) is 5.62. The van der Waals surface area contributed by atoms with Gasteiger partial charge in [0.05, 0.1) is 0 Å². The third-order valence-corrected chi connectivity index (χ3v) is 3.71. The Balaban J connectivity index is 1.81. The minimum absolute atomic E-state index is 0.0504. The van der Waals surface area contributed by atoms with Crippen LogP contribution in [0.15, 0.2) is 42.5 Å². The quantitative estimate of drug-likeness (QED) is 0.550. The number of fused-ring (bicyclic) bond motifs is 1. The van der Waals surface area contributed by atoms with Crippen molar-refractivity contribution in [1.29, 1.82) is 0 Å². The van der Waals surface area contributed by atoms with Gasteiger partial charge in [0.2, 0.25) is 23.5 Å². The number of H-pyrrole nitrogens is 1. The van der Waals surface area contributed by atoms with E-state index in [-0.39, 0.29) is 23.0 Å². The van der Waals surface area contributed by atoms with Gasteiger partial charge in [-0.25, -0.2) is 13.8 Å². The summed E-state index contributed by atoms with van der Waals surface area (Å²) in [5.74, 6) is -1.23. The SMILES string of the molecule is Cc1cc(Nc2nc(C(=O)c3ccc(F)cc3)nc3ccc(F)n23)n[nH]1. The second-order valence-corrected chi connectivity index (χ2v) is 5.62. The summed E-state index contributed by atoms with van der Waals surface area (Å²) in [5, 5.41) is 9.64. The minimum atomic E-state index is -0.587. The van der Waals surface area contributed by atoms with Gasteiger partial charge in [0.25, 0.3) is 0 Å². The first-order valence-corrected chi connectivity index (χ1v) is 7.65. The first-order valence-electron chi connectivity index (χ1n) is 7.65. The molecular formula is C17H12F2N6O. The predicted molar refractivity (Wildman–Crippen MR) is 89.4 cm³/mol. The molecule has 4 rings (SSSR count). The van der Waals surface area contributed by atoms with Crippen LogP contribution in [-0.2, 0) is 0 Å². The maximum absolute atomic E-state index is 14.1. The van der Waals surface area contributed by atoms with E-state index in [1.807, 2.05) is 6.92 Å². The standard InChI is InChI=1S/C17H12F2N6O/c1-9-8-13(24-23-9)20-17-22-16(21-14-7-6-12(19)25(14)17)15(26)10-2-4-11(18)5-3-10/h2-8H,1H3,(H2,20,21,22,23,24). The van der Waals surface area contributed by atoms with E-state index in [0.717, 1.165) is 10.1 Å². The summed E-state index contributed by atoms with van der Waals surface area (Å²) in [6.07, 6.45) is 0. The molecule has 26 heavy (non-hydrogen) atoms. The van der Waals surface area contributed by atoms with Crippen LogP contribution in [0.5, 0.6) is 0 Å². The van der Waals surface area contributed by atoms with E-state index in [1.165, 1.54) is 36.4 Å². The van der Waals surface area contributed by atoms with Crippen molar-refractivity contribution >= 4 is 23.2 Å². The number of rotatable bonds is 4. The Kier molecular flexibility index (Phi) is 3.68. The average Bonchev–Trinajstić information content (AvgIpc) is 3.21. The van der Waals surface area contributed by atoms with Crippen molar-refractivity contribution in [1.82, 2.24) is 24.6 Å². The van der Waals surface area contributed by atoms with E-state index in [0.29, 0.717) is 5.82 Å². The van der Waals surface area contributed by atoms with Crippen LogP contribution >= 0.6 is 0 Å². The highest BCUT2D eigenvalue weighted by molar-refractivity contribution is 6.06. The lowest BCUT2D eigenvalue weighted by Gasteiger charge is -2.08. The van der Waals surface area contributed by atoms with E-state index in [4.69, 9.17) is 0 Å². The minimum Gasteiger partial charge on any atom is -0.308 e. The number of carbonyl (C=O) groups is 1. The van der Waals surface area contributed by atoms with Gasteiger partial charge in [-0.1, -0.05) is 0 Å². The number of anilines is 2. The molecule has 0 saturated carbocycles. The maximum Gasteiger partial charge on any atom is 0.230 e. The van der Waals surface area contributed by atoms with E-state index in [1.54, 1.807) is 6.07 Å². The van der Waals surface area contributed by atoms with Gasteiger partial charge in [-0.05, 0) is 43.3 Å². The molecule has 0 aliphatic carbocycles. The van der Waals surface area contributed by atoms with E-state index in [2.05, 4.69) is 25.5 Å². The molecule has 4 aromatic rings. The number of halogens is 2. The normalized spacial score (nSPS) is 11.0. The Labute approximate surface area is 145 Å². The smallest absolute Gasteiger partial charge is 0.230 e. The fourth-order valence-corrected chi connectivity index (χ4v) is 2.49. The van der Waals surface area contributed by atoms with Crippen molar-refractivity contribution in [2.45, 2.75) is 6.92 Å². The number of nitrogens with one attached hydrogen (secondary N) is 2. The first kappa shape index (κ1) is 15.9. The van der Waals surface area contributed by atoms with E-state index < -0.39 is 17.5 Å². The van der Waals surface area contributed by atoms with Crippen molar-refractivity contribution in [3.05, 3.63) is 71.3 Å². The van der Waals surface area contributed by atoms with Gasteiger partial charge in [0.15, 0.2) is 5.82 Å². The van der Waals surface area contributed by atoms with Crippen LogP contribution in [0.25, 0.3) is 5.65 Å². The van der Waals surface area contributed by atoms with Crippen molar-refractivity contribution in [2.24, 2.45) is 0 Å². The number of ketones is 1. The van der Waals surface area contributed by atoms with Gasteiger partial charge in [-0.3, -0.25) is 9.89 Å². The van der Waals surface area contributed by atoms with Crippen LogP contribution in [0.4, 0.5) is 20.5 Å². The van der Waals surface area contributed by atoms with Crippen molar-refractivity contribution in [3.8, 4) is 0 Å². The second kappa shape index (κ2) is 6.03. The number of carbonyl (C=O) groups excluding carboxylic acids is 1. The molecule has 0 saturated heterocycles. The number of benzene rings is 1. The molecule has 1 aromatic carbocycles. The lowest BCUT2D eigenvalue weighted by atomic mass is 10.1. The molecule has 0 radical (unpaired) electrons. The van der Waals surface area contributed by atoms with Crippen LogP contribution in [0.2, 0.25) is 0 Å². The summed E-state index contributed by atoms with van der Waals surface area (Å²) in [4.78, 5) is 20.9. The number of aromatic amines is 1. The predicted octanol–water partition coefficient (Wildman–Crippen LogP) is 3.01. The summed E-state index contributed by atoms with van der Waals surface area (Å²) < 4.78 is 28.3. The Morgan fingerprint density at radius 2 is 1.88 bits per heavy atom.